The van der Waals surface area contributed by atoms with Crippen LogP contribution in [-0.4, -0.2) is 37.9 Å². The van der Waals surface area contributed by atoms with Crippen LogP contribution in [0.1, 0.15) is 20.7 Å². The maximum absolute atomic E-state index is 10.6. The number of carbonyl (C=O) groups excluding carboxylic acids is 2. The minimum absolute atomic E-state index is 0. The molecular formula is C14H10CuO10S2. The summed E-state index contributed by atoms with van der Waals surface area (Å²) in [5.41, 5.74) is -1.10. The van der Waals surface area contributed by atoms with Crippen LogP contribution in [0, 0.1) is 0 Å². The molecule has 0 spiro atoms. The molecule has 27 heavy (non-hydrogen) atoms. The molecule has 2 N–H and O–H groups in total. The third kappa shape index (κ3) is 7.09. The van der Waals surface area contributed by atoms with Gasteiger partial charge in [-0.2, -0.15) is 16.8 Å². The summed E-state index contributed by atoms with van der Waals surface area (Å²) in [6.07, 6.45) is 0. The molecule has 13 heteroatoms. The van der Waals surface area contributed by atoms with Gasteiger partial charge in [0.2, 0.25) is 0 Å². The van der Waals surface area contributed by atoms with Crippen LogP contribution in [0.2, 0.25) is 0 Å². The van der Waals surface area contributed by atoms with Crippen LogP contribution in [0.25, 0.3) is 0 Å². The Labute approximate surface area is 164 Å². The van der Waals surface area contributed by atoms with E-state index in [0.29, 0.717) is 0 Å². The molecule has 0 unspecified atom stereocenters. The Morgan fingerprint density at radius 2 is 0.926 bits per heavy atom. The third-order valence-electron chi connectivity index (χ3n) is 2.77. The Balaban J connectivity index is 0.000000483. The molecule has 0 amide bonds. The number of carboxylic acids is 2. The van der Waals surface area contributed by atoms with Gasteiger partial charge in [0.05, 0.1) is 11.9 Å². The van der Waals surface area contributed by atoms with Crippen molar-refractivity contribution in [2.75, 3.05) is 0 Å². The first-order valence-corrected chi connectivity index (χ1v) is 9.29. The number of aromatic carboxylic acids is 2. The van der Waals surface area contributed by atoms with Crippen molar-refractivity contribution in [1.82, 2.24) is 0 Å². The molecule has 0 fully saturated rings. The van der Waals surface area contributed by atoms with Gasteiger partial charge in [0, 0.05) is 11.1 Å². The Morgan fingerprint density at radius 1 is 0.667 bits per heavy atom. The van der Waals surface area contributed by atoms with E-state index in [1.54, 1.807) is 0 Å². The molecule has 0 saturated carbocycles. The molecular weight excluding hydrogens is 456 g/mol. The van der Waals surface area contributed by atoms with E-state index >= 15 is 0 Å². The Kier molecular flexibility index (Phi) is 8.79. The van der Waals surface area contributed by atoms with Gasteiger partial charge in [0.1, 0.15) is 9.79 Å². The average Bonchev–Trinajstić information content (AvgIpc) is 2.54. The van der Waals surface area contributed by atoms with Crippen molar-refractivity contribution in [2.45, 2.75) is 9.79 Å². The zero-order chi connectivity index (χ0) is 20.1. The van der Waals surface area contributed by atoms with Gasteiger partial charge in [-0.25, -0.2) is 0 Å². The summed E-state index contributed by atoms with van der Waals surface area (Å²) in [5.74, 6) is -3.29. The summed E-state index contributed by atoms with van der Waals surface area (Å²) in [7, 11) is -9.00. The van der Waals surface area contributed by atoms with Crippen molar-refractivity contribution >= 4 is 32.2 Å². The predicted molar refractivity (Wildman–Crippen MR) is 81.2 cm³/mol. The van der Waals surface area contributed by atoms with E-state index in [1.165, 1.54) is 24.3 Å². The van der Waals surface area contributed by atoms with E-state index in [1.807, 2.05) is 0 Å². The molecule has 2 aromatic carbocycles. The second kappa shape index (κ2) is 9.60. The van der Waals surface area contributed by atoms with E-state index in [-0.39, 0.29) is 17.1 Å². The van der Waals surface area contributed by atoms with Crippen molar-refractivity contribution in [2.24, 2.45) is 0 Å². The molecule has 10 nitrogen and oxygen atoms in total. The van der Waals surface area contributed by atoms with Crippen molar-refractivity contribution in [1.29, 1.82) is 0 Å². The molecule has 0 heterocycles. The average molecular weight is 466 g/mol. The zero-order valence-corrected chi connectivity index (χ0v) is 15.5. The van der Waals surface area contributed by atoms with E-state index < -0.39 is 53.1 Å². The van der Waals surface area contributed by atoms with Gasteiger partial charge >= 0.3 is 17.1 Å². The molecule has 0 atom stereocenters. The number of carboxylic acid groups (broad SMARTS) is 2. The summed E-state index contributed by atoms with van der Waals surface area (Å²) in [6.45, 7) is 0. The molecule has 0 bridgehead atoms. The quantitative estimate of drug-likeness (QED) is 0.400. The minimum Gasteiger partial charge on any atom is -0.545 e. The van der Waals surface area contributed by atoms with Crippen LogP contribution in [-0.2, 0) is 37.3 Å². The van der Waals surface area contributed by atoms with Crippen LogP contribution >= 0.6 is 0 Å². The molecule has 149 valence electrons. The topological polar surface area (TPSA) is 189 Å². The summed E-state index contributed by atoms with van der Waals surface area (Å²) in [6, 6.07) is 9.32. The minimum atomic E-state index is -4.50. The maximum Gasteiger partial charge on any atom is 2.00 e. The fraction of sp³-hybridized carbons (Fsp3) is 0. The summed E-state index contributed by atoms with van der Waals surface area (Å²) >= 11 is 0. The standard InChI is InChI=1S/2C7H6O5S.Cu/c2*8-7(9)5-3-1-2-4-6(5)13(10,11)12;/h2*1-4H,(H,8,9)(H,10,11,12);/q;;+2/p-2. The Bertz CT molecular complexity index is 960. The molecule has 0 aliphatic carbocycles. The smallest absolute Gasteiger partial charge is 0.545 e. The molecule has 0 aromatic heterocycles. The van der Waals surface area contributed by atoms with Crippen molar-refractivity contribution < 1.29 is 62.8 Å². The molecule has 2 aromatic rings. The van der Waals surface area contributed by atoms with Crippen LogP contribution in [0.3, 0.4) is 0 Å². The first-order chi connectivity index (χ1) is 11.9. The normalized spacial score (nSPS) is 10.7. The fourth-order valence-corrected chi connectivity index (χ4v) is 3.08. The number of hydrogen-bond acceptors (Lipinski definition) is 8. The summed E-state index contributed by atoms with van der Waals surface area (Å²) in [5, 5.41) is 20.8. The monoisotopic (exact) mass is 465 g/mol. The predicted octanol–water partition coefficient (Wildman–Crippen LogP) is -1.41. The number of rotatable bonds is 4. The van der Waals surface area contributed by atoms with Gasteiger partial charge in [-0.1, -0.05) is 36.4 Å². The SMILES string of the molecule is O=C([O-])c1ccccc1S(=O)(=O)O.O=C([O-])c1ccccc1S(=O)(=O)O.[Cu+2]. The molecule has 0 aliphatic heterocycles. The summed E-state index contributed by atoms with van der Waals surface area (Å²) in [4.78, 5) is 19.4. The zero-order valence-electron chi connectivity index (χ0n) is 12.9. The van der Waals surface area contributed by atoms with Gasteiger partial charge in [-0.15, -0.1) is 0 Å². The van der Waals surface area contributed by atoms with Crippen LogP contribution < -0.4 is 10.2 Å². The van der Waals surface area contributed by atoms with E-state index in [9.17, 15) is 36.6 Å². The van der Waals surface area contributed by atoms with E-state index in [0.717, 1.165) is 24.3 Å². The van der Waals surface area contributed by atoms with Gasteiger partial charge in [-0.3, -0.25) is 9.11 Å². The summed E-state index contributed by atoms with van der Waals surface area (Å²) < 4.78 is 59.7. The third-order valence-corrected chi connectivity index (χ3v) is 4.59. The van der Waals surface area contributed by atoms with Gasteiger partial charge in [0.25, 0.3) is 20.2 Å². The number of hydrogen-bond donors (Lipinski definition) is 2. The van der Waals surface area contributed by atoms with E-state index in [4.69, 9.17) is 9.11 Å². The Morgan fingerprint density at radius 3 is 1.11 bits per heavy atom. The molecule has 2 rings (SSSR count). The second-order valence-corrected chi connectivity index (χ2v) is 7.30. The van der Waals surface area contributed by atoms with Crippen molar-refractivity contribution in [3.8, 4) is 0 Å². The van der Waals surface area contributed by atoms with Crippen LogP contribution in [0.15, 0.2) is 58.3 Å². The largest absolute Gasteiger partial charge is 2.00 e. The van der Waals surface area contributed by atoms with Crippen molar-refractivity contribution in [3.05, 3.63) is 59.7 Å². The van der Waals surface area contributed by atoms with Gasteiger partial charge in [-0.05, 0) is 12.1 Å². The maximum atomic E-state index is 10.6. The second-order valence-electron chi connectivity index (χ2n) is 4.52. The molecule has 0 saturated heterocycles. The first-order valence-electron chi connectivity index (χ1n) is 6.41. The first kappa shape index (κ1) is 24.7. The van der Waals surface area contributed by atoms with Crippen LogP contribution in [0.5, 0.6) is 0 Å². The fourth-order valence-electron chi connectivity index (χ4n) is 1.72. The molecule has 1 radical (unpaired) electrons. The number of benzene rings is 2. The van der Waals surface area contributed by atoms with Gasteiger partial charge in [0.15, 0.2) is 0 Å². The molecule has 0 aliphatic rings. The number of carbonyl (C=O) groups is 2. The van der Waals surface area contributed by atoms with E-state index in [2.05, 4.69) is 0 Å². The van der Waals surface area contributed by atoms with Gasteiger partial charge < -0.3 is 19.8 Å². The van der Waals surface area contributed by atoms with Crippen molar-refractivity contribution in [3.63, 3.8) is 0 Å². The van der Waals surface area contributed by atoms with Crippen LogP contribution in [0.4, 0.5) is 0 Å². The Hall–Kier alpha value is -2.28.